The van der Waals surface area contributed by atoms with Crippen LogP contribution in [-0.2, 0) is 14.3 Å². The first-order valence-electron chi connectivity index (χ1n) is 7.89. The normalized spacial score (nSPS) is 14.7. The van der Waals surface area contributed by atoms with Gasteiger partial charge in [-0.25, -0.2) is 0 Å². The predicted molar refractivity (Wildman–Crippen MR) is 86.8 cm³/mol. The summed E-state index contributed by atoms with van der Waals surface area (Å²) in [6, 6.07) is 5.15. The summed E-state index contributed by atoms with van der Waals surface area (Å²) >= 11 is 0. The number of likely N-dealkylation sites (tertiary alicyclic amines) is 1. The van der Waals surface area contributed by atoms with E-state index in [-0.39, 0.29) is 17.2 Å². The fourth-order valence-corrected chi connectivity index (χ4v) is 2.50. The molecule has 0 aliphatic carbocycles. The molecule has 9 nitrogen and oxygen atoms in total. The minimum atomic E-state index is -0.916. The number of nitro benzene ring substituents is 1. The quantitative estimate of drug-likeness (QED) is 0.462. The van der Waals surface area contributed by atoms with E-state index >= 15 is 0 Å². The molecule has 25 heavy (non-hydrogen) atoms. The lowest BCUT2D eigenvalue weighted by Gasteiger charge is -2.20. The van der Waals surface area contributed by atoms with Gasteiger partial charge in [0.15, 0.2) is 6.10 Å². The topological polar surface area (TPSA) is 119 Å². The molecule has 1 aliphatic rings. The van der Waals surface area contributed by atoms with Crippen LogP contribution in [0.2, 0.25) is 0 Å². The SMILES string of the molecule is C[C@H](OC(=O)CNC(=O)c1cccc([N+](=O)[O-])c1)C(=O)N1CCCC1. The second-order valence-corrected chi connectivity index (χ2v) is 5.65. The van der Waals surface area contributed by atoms with Crippen molar-refractivity contribution < 1.29 is 24.0 Å². The second kappa shape index (κ2) is 8.22. The van der Waals surface area contributed by atoms with Gasteiger partial charge in [-0.05, 0) is 25.8 Å². The fourth-order valence-electron chi connectivity index (χ4n) is 2.50. The maximum Gasteiger partial charge on any atom is 0.326 e. The van der Waals surface area contributed by atoms with Crippen molar-refractivity contribution in [2.45, 2.75) is 25.9 Å². The van der Waals surface area contributed by atoms with Crippen molar-refractivity contribution in [3.05, 3.63) is 39.9 Å². The highest BCUT2D eigenvalue weighted by atomic mass is 16.6. The van der Waals surface area contributed by atoms with E-state index in [1.165, 1.54) is 25.1 Å². The molecule has 0 radical (unpaired) electrons. The van der Waals surface area contributed by atoms with Gasteiger partial charge in [-0.15, -0.1) is 0 Å². The van der Waals surface area contributed by atoms with Crippen LogP contribution in [-0.4, -0.2) is 53.3 Å². The van der Waals surface area contributed by atoms with E-state index in [9.17, 15) is 24.5 Å². The number of hydrogen-bond acceptors (Lipinski definition) is 6. The summed E-state index contributed by atoms with van der Waals surface area (Å²) in [5.74, 6) is -1.64. The van der Waals surface area contributed by atoms with E-state index in [4.69, 9.17) is 4.74 Å². The Hall–Kier alpha value is -2.97. The van der Waals surface area contributed by atoms with E-state index in [1.54, 1.807) is 4.90 Å². The van der Waals surface area contributed by atoms with Crippen molar-refractivity contribution in [2.24, 2.45) is 0 Å². The van der Waals surface area contributed by atoms with Gasteiger partial charge in [0.25, 0.3) is 17.5 Å². The minimum absolute atomic E-state index is 0.0585. The lowest BCUT2D eigenvalue weighted by molar-refractivity contribution is -0.384. The van der Waals surface area contributed by atoms with Gasteiger partial charge < -0.3 is 15.0 Å². The number of nitro groups is 1. The second-order valence-electron chi connectivity index (χ2n) is 5.65. The Morgan fingerprint density at radius 1 is 1.32 bits per heavy atom. The molecule has 0 unspecified atom stereocenters. The molecule has 9 heteroatoms. The number of carbonyl (C=O) groups excluding carboxylic acids is 3. The van der Waals surface area contributed by atoms with Crippen LogP contribution in [0.3, 0.4) is 0 Å². The van der Waals surface area contributed by atoms with E-state index in [0.29, 0.717) is 13.1 Å². The highest BCUT2D eigenvalue weighted by Crippen LogP contribution is 2.13. The zero-order valence-electron chi connectivity index (χ0n) is 13.8. The van der Waals surface area contributed by atoms with Crippen LogP contribution in [0.25, 0.3) is 0 Å². The van der Waals surface area contributed by atoms with E-state index in [0.717, 1.165) is 18.9 Å². The molecule has 0 saturated carbocycles. The summed E-state index contributed by atoms with van der Waals surface area (Å²) in [4.78, 5) is 47.5. The number of rotatable bonds is 6. The number of hydrogen-bond donors (Lipinski definition) is 1. The Bertz CT molecular complexity index is 684. The first-order chi connectivity index (χ1) is 11.9. The number of nitrogens with zero attached hydrogens (tertiary/aromatic N) is 2. The summed E-state index contributed by atoms with van der Waals surface area (Å²) in [5, 5.41) is 13.0. The van der Waals surface area contributed by atoms with Crippen LogP contribution >= 0.6 is 0 Å². The smallest absolute Gasteiger partial charge is 0.326 e. The van der Waals surface area contributed by atoms with E-state index in [2.05, 4.69) is 5.32 Å². The predicted octanol–water partition coefficient (Wildman–Crippen LogP) is 0.879. The van der Waals surface area contributed by atoms with Gasteiger partial charge in [0, 0.05) is 30.8 Å². The van der Waals surface area contributed by atoms with Gasteiger partial charge in [0.2, 0.25) is 0 Å². The van der Waals surface area contributed by atoms with Crippen molar-refractivity contribution in [3.63, 3.8) is 0 Å². The molecule has 1 saturated heterocycles. The molecular formula is C16H19N3O6. The molecule has 0 spiro atoms. The summed E-state index contributed by atoms with van der Waals surface area (Å²) in [7, 11) is 0. The van der Waals surface area contributed by atoms with Gasteiger partial charge in [-0.2, -0.15) is 0 Å². The van der Waals surface area contributed by atoms with Crippen LogP contribution in [0.4, 0.5) is 5.69 Å². The van der Waals surface area contributed by atoms with Gasteiger partial charge in [0.1, 0.15) is 6.54 Å². The highest BCUT2D eigenvalue weighted by Gasteiger charge is 2.26. The lowest BCUT2D eigenvalue weighted by atomic mass is 10.2. The summed E-state index contributed by atoms with van der Waals surface area (Å²) in [6.07, 6.45) is 0.956. The number of nitrogens with one attached hydrogen (secondary N) is 1. The molecule has 2 amide bonds. The van der Waals surface area contributed by atoms with Crippen molar-refractivity contribution in [1.82, 2.24) is 10.2 Å². The fraction of sp³-hybridized carbons (Fsp3) is 0.438. The third-order valence-corrected chi connectivity index (χ3v) is 3.79. The largest absolute Gasteiger partial charge is 0.451 e. The number of esters is 1. The Balaban J connectivity index is 1.82. The minimum Gasteiger partial charge on any atom is -0.451 e. The van der Waals surface area contributed by atoms with Crippen molar-refractivity contribution in [2.75, 3.05) is 19.6 Å². The maximum atomic E-state index is 12.0. The van der Waals surface area contributed by atoms with Gasteiger partial charge >= 0.3 is 5.97 Å². The Labute approximate surface area is 144 Å². The number of amides is 2. The Morgan fingerprint density at radius 3 is 2.64 bits per heavy atom. The molecule has 1 heterocycles. The number of ether oxygens (including phenoxy) is 1. The molecule has 1 fully saturated rings. The van der Waals surface area contributed by atoms with Gasteiger partial charge in [0.05, 0.1) is 4.92 Å². The molecule has 2 rings (SSSR count). The molecule has 134 valence electrons. The molecule has 1 N–H and O–H groups in total. The van der Waals surface area contributed by atoms with Gasteiger partial charge in [-0.3, -0.25) is 24.5 Å². The lowest BCUT2D eigenvalue weighted by Crippen LogP contribution is -2.40. The summed E-state index contributed by atoms with van der Waals surface area (Å²) in [6.45, 7) is 2.37. The number of non-ortho nitro benzene ring substituents is 1. The average molecular weight is 349 g/mol. The number of benzene rings is 1. The van der Waals surface area contributed by atoms with Crippen molar-refractivity contribution in [1.29, 1.82) is 0 Å². The maximum absolute atomic E-state index is 12.0. The van der Waals surface area contributed by atoms with Gasteiger partial charge in [-0.1, -0.05) is 6.07 Å². The Kier molecular flexibility index (Phi) is 6.04. The summed E-state index contributed by atoms with van der Waals surface area (Å²) < 4.78 is 5.02. The van der Waals surface area contributed by atoms with Crippen LogP contribution in [0.15, 0.2) is 24.3 Å². The monoisotopic (exact) mass is 349 g/mol. The molecule has 0 aromatic heterocycles. The third-order valence-electron chi connectivity index (χ3n) is 3.79. The van der Waals surface area contributed by atoms with Crippen LogP contribution in [0.5, 0.6) is 0 Å². The van der Waals surface area contributed by atoms with Crippen LogP contribution in [0.1, 0.15) is 30.1 Å². The average Bonchev–Trinajstić information content (AvgIpc) is 3.13. The molecule has 1 aromatic carbocycles. The number of carbonyl (C=O) groups is 3. The van der Waals surface area contributed by atoms with E-state index in [1.807, 2.05) is 0 Å². The first kappa shape index (κ1) is 18.4. The standard InChI is InChI=1S/C16H19N3O6/c1-11(16(22)18-7-2-3-8-18)25-14(20)10-17-15(21)12-5-4-6-13(9-12)19(23)24/h4-6,9,11H,2-3,7-8,10H2,1H3,(H,17,21)/t11-/m0/s1. The zero-order chi connectivity index (χ0) is 18.4. The van der Waals surface area contributed by atoms with Crippen LogP contribution in [0, 0.1) is 10.1 Å². The molecule has 1 atom stereocenters. The highest BCUT2D eigenvalue weighted by molar-refractivity contribution is 5.96. The van der Waals surface area contributed by atoms with E-state index < -0.39 is 29.4 Å². The van der Waals surface area contributed by atoms with Crippen molar-refractivity contribution in [3.8, 4) is 0 Å². The van der Waals surface area contributed by atoms with Crippen molar-refractivity contribution >= 4 is 23.5 Å². The third kappa shape index (κ3) is 5.00. The zero-order valence-corrected chi connectivity index (χ0v) is 13.8. The molecule has 1 aliphatic heterocycles. The molecular weight excluding hydrogens is 330 g/mol. The first-order valence-corrected chi connectivity index (χ1v) is 7.89. The Morgan fingerprint density at radius 2 is 2.00 bits per heavy atom. The van der Waals surface area contributed by atoms with Crippen LogP contribution < -0.4 is 5.32 Å². The summed E-state index contributed by atoms with van der Waals surface area (Å²) in [5.41, 5.74) is -0.164. The molecule has 1 aromatic rings. The molecule has 0 bridgehead atoms.